The third kappa shape index (κ3) is 5.08. The van der Waals surface area contributed by atoms with E-state index in [1.54, 1.807) is 0 Å². The number of anilines is 1. The van der Waals surface area contributed by atoms with Gasteiger partial charge in [0.2, 0.25) is 6.79 Å². The standard InChI is InChI=1S/C16H24N2O2S/c1-11(2)5-4-6-12(3)17-16(21)18-13-7-8-14-15(9-13)20-10-19-14/h7-9,11-12H,4-6,10H2,1-3H3,(H2,17,18,21). The Kier molecular flexibility index (Phi) is 5.67. The second kappa shape index (κ2) is 7.50. The van der Waals surface area contributed by atoms with E-state index < -0.39 is 0 Å². The predicted molar refractivity (Wildman–Crippen MR) is 90.1 cm³/mol. The van der Waals surface area contributed by atoms with Gasteiger partial charge in [0.25, 0.3) is 0 Å². The van der Waals surface area contributed by atoms with Crippen molar-refractivity contribution < 1.29 is 9.47 Å². The quantitative estimate of drug-likeness (QED) is 0.780. The molecule has 0 bridgehead atoms. The van der Waals surface area contributed by atoms with E-state index in [0.29, 0.717) is 11.2 Å². The zero-order valence-electron chi connectivity index (χ0n) is 12.9. The van der Waals surface area contributed by atoms with Gasteiger partial charge in [0.1, 0.15) is 0 Å². The van der Waals surface area contributed by atoms with Crippen LogP contribution >= 0.6 is 12.2 Å². The number of thiocarbonyl (C=S) groups is 1. The first-order valence-electron chi connectivity index (χ1n) is 7.51. The summed E-state index contributed by atoms with van der Waals surface area (Å²) in [7, 11) is 0. The Labute approximate surface area is 132 Å². The van der Waals surface area contributed by atoms with Gasteiger partial charge in [0, 0.05) is 17.8 Å². The van der Waals surface area contributed by atoms with E-state index in [9.17, 15) is 0 Å². The van der Waals surface area contributed by atoms with Gasteiger partial charge in [-0.25, -0.2) is 0 Å². The topological polar surface area (TPSA) is 42.5 Å². The van der Waals surface area contributed by atoms with Crippen molar-refractivity contribution in [3.8, 4) is 11.5 Å². The van der Waals surface area contributed by atoms with Gasteiger partial charge in [-0.2, -0.15) is 0 Å². The molecule has 0 aromatic heterocycles. The van der Waals surface area contributed by atoms with E-state index >= 15 is 0 Å². The van der Waals surface area contributed by atoms with E-state index in [0.717, 1.165) is 29.5 Å². The first-order valence-corrected chi connectivity index (χ1v) is 7.92. The largest absolute Gasteiger partial charge is 0.454 e. The van der Waals surface area contributed by atoms with Crippen molar-refractivity contribution in [1.29, 1.82) is 0 Å². The highest BCUT2D eigenvalue weighted by molar-refractivity contribution is 7.80. The lowest BCUT2D eigenvalue weighted by molar-refractivity contribution is 0.174. The van der Waals surface area contributed by atoms with Crippen LogP contribution in [-0.4, -0.2) is 17.9 Å². The van der Waals surface area contributed by atoms with Crippen LogP contribution in [0.5, 0.6) is 11.5 Å². The molecule has 0 radical (unpaired) electrons. The molecule has 0 saturated heterocycles. The molecule has 1 heterocycles. The van der Waals surface area contributed by atoms with E-state index in [4.69, 9.17) is 21.7 Å². The van der Waals surface area contributed by atoms with Gasteiger partial charge in [-0.15, -0.1) is 0 Å². The van der Waals surface area contributed by atoms with Gasteiger partial charge >= 0.3 is 0 Å². The molecule has 1 aromatic rings. The molecule has 1 aromatic carbocycles. The molecule has 1 atom stereocenters. The molecule has 5 heteroatoms. The molecular formula is C16H24N2O2S. The van der Waals surface area contributed by atoms with Crippen LogP contribution in [0.4, 0.5) is 5.69 Å². The second-order valence-corrected chi connectivity index (χ2v) is 6.30. The Morgan fingerprint density at radius 2 is 1.95 bits per heavy atom. The van der Waals surface area contributed by atoms with E-state index in [-0.39, 0.29) is 6.79 Å². The highest BCUT2D eigenvalue weighted by Crippen LogP contribution is 2.34. The minimum absolute atomic E-state index is 0.286. The highest BCUT2D eigenvalue weighted by atomic mass is 32.1. The van der Waals surface area contributed by atoms with Gasteiger partial charge in [0.05, 0.1) is 0 Å². The summed E-state index contributed by atoms with van der Waals surface area (Å²) in [6.07, 6.45) is 3.61. The normalized spacial score (nSPS) is 14.1. The van der Waals surface area contributed by atoms with Crippen molar-refractivity contribution in [2.24, 2.45) is 5.92 Å². The van der Waals surface area contributed by atoms with Crippen molar-refractivity contribution in [3.05, 3.63) is 18.2 Å². The summed E-state index contributed by atoms with van der Waals surface area (Å²) in [5.74, 6) is 2.30. The molecule has 116 valence electrons. The SMILES string of the molecule is CC(C)CCCC(C)NC(=S)Nc1ccc2c(c1)OCO2. The molecule has 0 saturated carbocycles. The summed E-state index contributed by atoms with van der Waals surface area (Å²) in [5.41, 5.74) is 0.908. The smallest absolute Gasteiger partial charge is 0.231 e. The van der Waals surface area contributed by atoms with Crippen molar-refractivity contribution >= 4 is 23.0 Å². The second-order valence-electron chi connectivity index (χ2n) is 5.89. The molecule has 2 rings (SSSR count). The number of nitrogens with one attached hydrogen (secondary N) is 2. The van der Waals surface area contributed by atoms with Crippen LogP contribution < -0.4 is 20.1 Å². The summed E-state index contributed by atoms with van der Waals surface area (Å²) < 4.78 is 10.6. The maximum Gasteiger partial charge on any atom is 0.231 e. The maximum atomic E-state index is 5.35. The lowest BCUT2D eigenvalue weighted by Gasteiger charge is -2.17. The minimum atomic E-state index is 0.286. The van der Waals surface area contributed by atoms with Crippen LogP contribution in [0.15, 0.2) is 18.2 Å². The third-order valence-electron chi connectivity index (χ3n) is 3.43. The zero-order valence-corrected chi connectivity index (χ0v) is 13.8. The first-order chi connectivity index (χ1) is 10.0. The van der Waals surface area contributed by atoms with E-state index in [1.807, 2.05) is 18.2 Å². The molecule has 0 amide bonds. The Morgan fingerprint density at radius 1 is 1.19 bits per heavy atom. The third-order valence-corrected chi connectivity index (χ3v) is 3.65. The van der Waals surface area contributed by atoms with E-state index in [2.05, 4.69) is 31.4 Å². The summed E-state index contributed by atoms with van der Waals surface area (Å²) in [6.45, 7) is 6.95. The van der Waals surface area contributed by atoms with Crippen molar-refractivity contribution in [3.63, 3.8) is 0 Å². The summed E-state index contributed by atoms with van der Waals surface area (Å²) >= 11 is 5.35. The maximum absolute atomic E-state index is 5.35. The fourth-order valence-electron chi connectivity index (χ4n) is 2.27. The summed E-state index contributed by atoms with van der Waals surface area (Å²) in [5, 5.41) is 7.15. The van der Waals surface area contributed by atoms with E-state index in [1.165, 1.54) is 12.8 Å². The summed E-state index contributed by atoms with van der Waals surface area (Å²) in [6, 6.07) is 6.10. The highest BCUT2D eigenvalue weighted by Gasteiger charge is 2.13. The van der Waals surface area contributed by atoms with Gasteiger partial charge < -0.3 is 20.1 Å². The van der Waals surface area contributed by atoms with Crippen LogP contribution in [0, 0.1) is 5.92 Å². The zero-order chi connectivity index (χ0) is 15.2. The lowest BCUT2D eigenvalue weighted by atomic mass is 10.0. The number of fused-ring (bicyclic) bond motifs is 1. The fourth-order valence-corrected chi connectivity index (χ4v) is 2.59. The van der Waals surface area contributed by atoms with Gasteiger partial charge in [-0.05, 0) is 43.6 Å². The average Bonchev–Trinajstić information content (AvgIpc) is 2.85. The van der Waals surface area contributed by atoms with Crippen LogP contribution in [0.2, 0.25) is 0 Å². The number of hydrogen-bond donors (Lipinski definition) is 2. The molecule has 1 aliphatic rings. The number of benzene rings is 1. The number of rotatable bonds is 6. The van der Waals surface area contributed by atoms with Gasteiger partial charge in [-0.3, -0.25) is 0 Å². The van der Waals surface area contributed by atoms with Crippen molar-refractivity contribution in [2.45, 2.75) is 46.1 Å². The van der Waals surface area contributed by atoms with Crippen LogP contribution in [0.1, 0.15) is 40.0 Å². The van der Waals surface area contributed by atoms with Crippen LogP contribution in [0.25, 0.3) is 0 Å². The Hall–Kier alpha value is -1.49. The molecule has 2 N–H and O–H groups in total. The van der Waals surface area contributed by atoms with Gasteiger partial charge in [0.15, 0.2) is 16.6 Å². The predicted octanol–water partition coefficient (Wildman–Crippen LogP) is 3.92. The molecular weight excluding hydrogens is 284 g/mol. The molecule has 1 unspecified atom stereocenters. The first kappa shape index (κ1) is 15.9. The Balaban J connectivity index is 1.76. The van der Waals surface area contributed by atoms with Crippen LogP contribution in [0.3, 0.4) is 0 Å². The average molecular weight is 308 g/mol. The number of hydrogen-bond acceptors (Lipinski definition) is 3. The molecule has 4 nitrogen and oxygen atoms in total. The molecule has 0 fully saturated rings. The molecule has 21 heavy (non-hydrogen) atoms. The fraction of sp³-hybridized carbons (Fsp3) is 0.562. The molecule has 0 spiro atoms. The van der Waals surface area contributed by atoms with Crippen molar-refractivity contribution in [2.75, 3.05) is 12.1 Å². The Bertz CT molecular complexity index is 491. The van der Waals surface area contributed by atoms with Crippen LogP contribution in [-0.2, 0) is 0 Å². The molecule has 0 aliphatic carbocycles. The molecule has 1 aliphatic heterocycles. The van der Waals surface area contributed by atoms with Crippen molar-refractivity contribution in [1.82, 2.24) is 5.32 Å². The lowest BCUT2D eigenvalue weighted by Crippen LogP contribution is -2.35. The minimum Gasteiger partial charge on any atom is -0.454 e. The Morgan fingerprint density at radius 3 is 2.71 bits per heavy atom. The monoisotopic (exact) mass is 308 g/mol. The number of ether oxygens (including phenoxy) is 2. The summed E-state index contributed by atoms with van der Waals surface area (Å²) in [4.78, 5) is 0. The van der Waals surface area contributed by atoms with Gasteiger partial charge in [-0.1, -0.05) is 26.7 Å².